The summed E-state index contributed by atoms with van der Waals surface area (Å²) in [5.74, 6) is 0.524. The van der Waals surface area contributed by atoms with Crippen LogP contribution in [0.25, 0.3) is 0 Å². The summed E-state index contributed by atoms with van der Waals surface area (Å²) in [5.41, 5.74) is 1.11. The van der Waals surface area contributed by atoms with Crippen molar-refractivity contribution in [3.05, 3.63) is 78.4 Å². The Kier molecular flexibility index (Phi) is 10.7. The summed E-state index contributed by atoms with van der Waals surface area (Å²) >= 11 is 0. The molecule has 6 nitrogen and oxygen atoms in total. The van der Waals surface area contributed by atoms with E-state index in [1.54, 1.807) is 25.1 Å². The summed E-state index contributed by atoms with van der Waals surface area (Å²) in [7, 11) is 0. The van der Waals surface area contributed by atoms with Gasteiger partial charge in [0.15, 0.2) is 17.6 Å². The maximum Gasteiger partial charge on any atom is 0.573 e. The van der Waals surface area contributed by atoms with Crippen molar-refractivity contribution in [3.63, 3.8) is 0 Å². The van der Waals surface area contributed by atoms with Crippen LogP contribution in [0.4, 0.5) is 13.2 Å². The lowest BCUT2D eigenvalue weighted by molar-refractivity contribution is -0.274. The van der Waals surface area contributed by atoms with Crippen molar-refractivity contribution < 1.29 is 41.7 Å². The van der Waals surface area contributed by atoms with E-state index in [2.05, 4.69) is 4.74 Å². The van der Waals surface area contributed by atoms with E-state index < -0.39 is 18.4 Å². The average Bonchev–Trinajstić information content (AvgIpc) is 2.88. The van der Waals surface area contributed by atoms with Crippen molar-refractivity contribution in [3.8, 4) is 28.7 Å². The first-order valence-electron chi connectivity index (χ1n) is 12.4. The third-order valence-corrected chi connectivity index (χ3v) is 5.34. The number of halogens is 3. The predicted octanol–water partition coefficient (Wildman–Crippen LogP) is 7.50. The molecular formula is C29H31F3O6. The highest BCUT2D eigenvalue weighted by Gasteiger charge is 2.31. The molecule has 0 spiro atoms. The molecular weight excluding hydrogens is 501 g/mol. The second kappa shape index (κ2) is 14.2. The Labute approximate surface area is 220 Å². The second-order valence-corrected chi connectivity index (χ2v) is 8.31. The molecule has 38 heavy (non-hydrogen) atoms. The van der Waals surface area contributed by atoms with Crippen LogP contribution in [-0.2, 0) is 16.0 Å². The van der Waals surface area contributed by atoms with Gasteiger partial charge in [-0.05, 0) is 61.7 Å². The number of hydrogen-bond donors (Lipinski definition) is 0. The molecule has 9 heteroatoms. The molecule has 1 atom stereocenters. The van der Waals surface area contributed by atoms with Gasteiger partial charge < -0.3 is 23.7 Å². The Morgan fingerprint density at radius 1 is 0.868 bits per heavy atom. The number of carbonyl (C=O) groups is 1. The third-order valence-electron chi connectivity index (χ3n) is 5.34. The van der Waals surface area contributed by atoms with Gasteiger partial charge in [0.2, 0.25) is 0 Å². The largest absolute Gasteiger partial charge is 0.573 e. The van der Waals surface area contributed by atoms with Crippen molar-refractivity contribution >= 4 is 5.97 Å². The molecule has 3 aromatic carbocycles. The predicted molar refractivity (Wildman–Crippen MR) is 136 cm³/mol. The van der Waals surface area contributed by atoms with Gasteiger partial charge in [-0.3, -0.25) is 0 Å². The molecule has 204 valence electrons. The molecule has 0 fully saturated rings. The fourth-order valence-corrected chi connectivity index (χ4v) is 3.54. The molecule has 0 saturated carbocycles. The van der Waals surface area contributed by atoms with Crippen LogP contribution in [0.15, 0.2) is 72.8 Å². The van der Waals surface area contributed by atoms with E-state index in [4.69, 9.17) is 18.9 Å². The normalized spacial score (nSPS) is 11.9. The fraction of sp³-hybridized carbons (Fsp3) is 0.345. The SMILES string of the molecule is CCCCC(Oc1cc(Oc2ccc(OC(F)(F)F)cc2)ccc1OCCc1ccccc1)C(=O)OCC. The lowest BCUT2D eigenvalue weighted by Crippen LogP contribution is -2.29. The molecule has 0 heterocycles. The smallest absolute Gasteiger partial charge is 0.489 e. The molecule has 0 aliphatic heterocycles. The zero-order valence-electron chi connectivity index (χ0n) is 21.3. The van der Waals surface area contributed by atoms with Crippen LogP contribution >= 0.6 is 0 Å². The number of esters is 1. The van der Waals surface area contributed by atoms with Crippen LogP contribution in [0.3, 0.4) is 0 Å². The van der Waals surface area contributed by atoms with Gasteiger partial charge in [-0.1, -0.05) is 43.7 Å². The Hall–Kier alpha value is -3.88. The van der Waals surface area contributed by atoms with E-state index in [1.807, 2.05) is 37.3 Å². The lowest BCUT2D eigenvalue weighted by atomic mass is 10.1. The minimum atomic E-state index is -4.78. The zero-order valence-corrected chi connectivity index (χ0v) is 21.3. The van der Waals surface area contributed by atoms with Crippen LogP contribution in [-0.4, -0.2) is 31.6 Å². The van der Waals surface area contributed by atoms with E-state index in [-0.39, 0.29) is 18.1 Å². The molecule has 0 saturated heterocycles. The van der Waals surface area contributed by atoms with Crippen LogP contribution < -0.4 is 18.9 Å². The average molecular weight is 533 g/mol. The third kappa shape index (κ3) is 9.53. The number of rotatable bonds is 14. The van der Waals surface area contributed by atoms with Crippen molar-refractivity contribution in [1.29, 1.82) is 0 Å². The van der Waals surface area contributed by atoms with Crippen LogP contribution in [0.5, 0.6) is 28.7 Å². The Morgan fingerprint density at radius 2 is 1.55 bits per heavy atom. The fourth-order valence-electron chi connectivity index (χ4n) is 3.54. The van der Waals surface area contributed by atoms with Crippen molar-refractivity contribution in [2.24, 2.45) is 0 Å². The van der Waals surface area contributed by atoms with Gasteiger partial charge in [-0.2, -0.15) is 0 Å². The quantitative estimate of drug-likeness (QED) is 0.200. The molecule has 3 aromatic rings. The number of alkyl halides is 3. The maximum atomic E-state index is 12.6. The summed E-state index contributed by atoms with van der Waals surface area (Å²) in [6.07, 6.45) is -2.85. The number of unbranched alkanes of at least 4 members (excludes halogenated alkanes) is 1. The van der Waals surface area contributed by atoms with E-state index >= 15 is 0 Å². The number of carbonyl (C=O) groups excluding carboxylic acids is 1. The van der Waals surface area contributed by atoms with Gasteiger partial charge in [0.1, 0.15) is 17.2 Å². The summed E-state index contributed by atoms with van der Waals surface area (Å²) in [6.45, 7) is 4.34. The highest BCUT2D eigenvalue weighted by molar-refractivity contribution is 5.75. The van der Waals surface area contributed by atoms with E-state index in [1.165, 1.54) is 12.1 Å². The number of ether oxygens (including phenoxy) is 5. The molecule has 1 unspecified atom stereocenters. The summed E-state index contributed by atoms with van der Waals surface area (Å²) in [5, 5.41) is 0. The highest BCUT2D eigenvalue weighted by atomic mass is 19.4. The maximum absolute atomic E-state index is 12.6. The minimum absolute atomic E-state index is 0.225. The number of benzene rings is 3. The topological polar surface area (TPSA) is 63.2 Å². The van der Waals surface area contributed by atoms with Gasteiger partial charge in [0.25, 0.3) is 0 Å². The van der Waals surface area contributed by atoms with Crippen molar-refractivity contribution in [2.45, 2.75) is 52.0 Å². The Bertz CT molecular complexity index is 1130. The van der Waals surface area contributed by atoms with Gasteiger partial charge in [0, 0.05) is 12.5 Å². The van der Waals surface area contributed by atoms with E-state index in [9.17, 15) is 18.0 Å². The molecule has 0 aromatic heterocycles. The molecule has 0 bridgehead atoms. The summed E-state index contributed by atoms with van der Waals surface area (Å²) in [6, 6.07) is 19.8. The second-order valence-electron chi connectivity index (χ2n) is 8.31. The minimum Gasteiger partial charge on any atom is -0.489 e. The van der Waals surface area contributed by atoms with Gasteiger partial charge in [-0.25, -0.2) is 4.79 Å². The first kappa shape index (κ1) is 28.7. The Balaban J connectivity index is 1.79. The van der Waals surface area contributed by atoms with Crippen molar-refractivity contribution in [1.82, 2.24) is 0 Å². The zero-order chi connectivity index (χ0) is 27.4. The van der Waals surface area contributed by atoms with Crippen LogP contribution in [0.2, 0.25) is 0 Å². The molecule has 0 aliphatic carbocycles. The molecule has 0 amide bonds. The summed E-state index contributed by atoms with van der Waals surface area (Å²) < 4.78 is 64.3. The van der Waals surface area contributed by atoms with Crippen LogP contribution in [0, 0.1) is 0 Å². The van der Waals surface area contributed by atoms with E-state index in [0.717, 1.165) is 30.5 Å². The van der Waals surface area contributed by atoms with E-state index in [0.29, 0.717) is 36.7 Å². The van der Waals surface area contributed by atoms with Gasteiger partial charge in [-0.15, -0.1) is 13.2 Å². The number of hydrogen-bond acceptors (Lipinski definition) is 6. The van der Waals surface area contributed by atoms with Crippen molar-refractivity contribution in [2.75, 3.05) is 13.2 Å². The molecule has 0 N–H and O–H groups in total. The molecule has 0 radical (unpaired) electrons. The molecule has 3 rings (SSSR count). The highest BCUT2D eigenvalue weighted by Crippen LogP contribution is 2.36. The standard InChI is InChI=1S/C29H31F3O6/c1-3-5-11-26(28(33)34-4-2)37-27-20-24(36-22-12-14-23(15-13-22)38-29(30,31)32)16-17-25(27)35-19-18-21-9-7-6-8-10-21/h6-10,12-17,20,26H,3-5,11,18-19H2,1-2H3. The lowest BCUT2D eigenvalue weighted by Gasteiger charge is -2.20. The first-order chi connectivity index (χ1) is 18.3. The summed E-state index contributed by atoms with van der Waals surface area (Å²) in [4.78, 5) is 12.6. The molecule has 0 aliphatic rings. The van der Waals surface area contributed by atoms with Gasteiger partial charge in [0.05, 0.1) is 13.2 Å². The van der Waals surface area contributed by atoms with Crippen LogP contribution in [0.1, 0.15) is 38.7 Å². The monoisotopic (exact) mass is 532 g/mol. The van der Waals surface area contributed by atoms with Gasteiger partial charge >= 0.3 is 12.3 Å². The Morgan fingerprint density at radius 3 is 2.21 bits per heavy atom. The first-order valence-corrected chi connectivity index (χ1v) is 12.4.